The first-order valence-corrected chi connectivity index (χ1v) is 10.2. The number of carbonyl (C=O) groups is 2. The molecule has 1 heterocycles. The van der Waals surface area contributed by atoms with Gasteiger partial charge in [-0.05, 0) is 42.8 Å². The monoisotopic (exact) mass is 428 g/mol. The smallest absolute Gasteiger partial charge is 0.284 e. The van der Waals surface area contributed by atoms with Crippen molar-refractivity contribution in [2.45, 2.75) is 19.6 Å². The first kappa shape index (κ1) is 21.3. The highest BCUT2D eigenvalue weighted by molar-refractivity contribution is 6.06. The van der Waals surface area contributed by atoms with Crippen LogP contribution >= 0.6 is 0 Å². The number of aromatic nitrogens is 2. The summed E-state index contributed by atoms with van der Waals surface area (Å²) in [6.45, 7) is 2.06. The number of carbonyl (C=O) groups excluding carboxylic acids is 2. The number of fused-ring (bicyclic) bond motifs is 1. The third-order valence-corrected chi connectivity index (χ3v) is 5.45. The highest BCUT2D eigenvalue weighted by atomic mass is 16.3. The summed E-state index contributed by atoms with van der Waals surface area (Å²) in [7, 11) is 1.69. The molecule has 0 saturated carbocycles. The number of nitrogens with two attached hydrogens (primary N) is 1. The van der Waals surface area contributed by atoms with Gasteiger partial charge in [-0.3, -0.25) is 9.59 Å². The third-order valence-electron chi connectivity index (χ3n) is 5.45. The van der Waals surface area contributed by atoms with E-state index in [0.29, 0.717) is 22.3 Å². The van der Waals surface area contributed by atoms with E-state index in [-0.39, 0.29) is 18.3 Å². The Balaban J connectivity index is 1.69. The molecule has 162 valence electrons. The molecular weight excluding hydrogens is 404 g/mol. The van der Waals surface area contributed by atoms with Crippen LogP contribution in [0.2, 0.25) is 0 Å². The van der Waals surface area contributed by atoms with E-state index >= 15 is 0 Å². The van der Waals surface area contributed by atoms with Crippen molar-refractivity contribution >= 4 is 28.5 Å². The number of amides is 2. The first-order valence-electron chi connectivity index (χ1n) is 10.2. The number of benzene rings is 3. The molecule has 2 amide bonds. The van der Waals surface area contributed by atoms with Crippen LogP contribution in [0, 0.1) is 6.92 Å². The zero-order chi connectivity index (χ0) is 22.8. The normalized spacial score (nSPS) is 12.0. The molecule has 0 fully saturated rings. The van der Waals surface area contributed by atoms with Crippen LogP contribution in [-0.2, 0) is 6.54 Å². The van der Waals surface area contributed by atoms with Crippen LogP contribution in [-0.4, -0.2) is 33.5 Å². The van der Waals surface area contributed by atoms with Crippen LogP contribution in [0.25, 0.3) is 11.0 Å². The van der Waals surface area contributed by atoms with E-state index in [4.69, 9.17) is 5.73 Å². The lowest BCUT2D eigenvalue weighted by molar-refractivity contribution is 0.0976. The SMILES string of the molecule is Cc1cccc(C(=O)N(C)c2ccc3c(c2)nc(C(N)=O)n3C[C@H](O)c2ccccc2)c1. The van der Waals surface area contributed by atoms with Crippen molar-refractivity contribution in [3.05, 3.63) is 95.3 Å². The summed E-state index contributed by atoms with van der Waals surface area (Å²) in [5.74, 6) is -0.783. The minimum absolute atomic E-state index is 0.0554. The van der Waals surface area contributed by atoms with E-state index in [0.717, 1.165) is 11.1 Å². The molecule has 0 saturated heterocycles. The Labute approximate surface area is 185 Å². The number of aliphatic hydroxyl groups is 1. The molecule has 0 aliphatic heterocycles. The Morgan fingerprint density at radius 2 is 1.81 bits per heavy atom. The van der Waals surface area contributed by atoms with Crippen LogP contribution in [0.3, 0.4) is 0 Å². The molecule has 0 aliphatic carbocycles. The fourth-order valence-corrected chi connectivity index (χ4v) is 3.74. The third kappa shape index (κ3) is 4.10. The Hall–Kier alpha value is -3.97. The van der Waals surface area contributed by atoms with Crippen molar-refractivity contribution in [1.29, 1.82) is 0 Å². The molecule has 1 atom stereocenters. The predicted octanol–water partition coefficient (Wildman–Crippen LogP) is 3.45. The maximum atomic E-state index is 12.9. The van der Waals surface area contributed by atoms with Crippen molar-refractivity contribution in [3.8, 4) is 0 Å². The largest absolute Gasteiger partial charge is 0.387 e. The molecular formula is C25H24N4O3. The minimum Gasteiger partial charge on any atom is -0.387 e. The van der Waals surface area contributed by atoms with Crippen LogP contribution < -0.4 is 10.6 Å². The molecule has 0 radical (unpaired) electrons. The number of primary amides is 1. The van der Waals surface area contributed by atoms with Gasteiger partial charge in [0.1, 0.15) is 0 Å². The second-order valence-electron chi connectivity index (χ2n) is 7.74. The summed E-state index contributed by atoms with van der Waals surface area (Å²) in [5.41, 5.74) is 9.67. The van der Waals surface area contributed by atoms with Crippen LogP contribution in [0.15, 0.2) is 72.8 Å². The molecule has 4 rings (SSSR count). The Morgan fingerprint density at radius 3 is 2.50 bits per heavy atom. The summed E-state index contributed by atoms with van der Waals surface area (Å²) < 4.78 is 1.61. The Kier molecular flexibility index (Phi) is 5.75. The first-order chi connectivity index (χ1) is 15.3. The lowest BCUT2D eigenvalue weighted by atomic mass is 10.1. The molecule has 7 heteroatoms. The van der Waals surface area contributed by atoms with Crippen molar-refractivity contribution in [3.63, 3.8) is 0 Å². The standard InChI is InChI=1S/C25H24N4O3/c1-16-7-6-10-18(13-16)25(32)28(2)19-11-12-21-20(14-19)27-24(23(26)31)29(21)15-22(30)17-8-4-3-5-9-17/h3-14,22,30H,15H2,1-2H3,(H2,26,31)/t22-/m0/s1. The number of hydrogen-bond donors (Lipinski definition) is 2. The lowest BCUT2D eigenvalue weighted by Gasteiger charge is -2.18. The summed E-state index contributed by atoms with van der Waals surface area (Å²) in [4.78, 5) is 30.9. The van der Waals surface area contributed by atoms with Crippen molar-refractivity contribution in [1.82, 2.24) is 9.55 Å². The minimum atomic E-state index is -0.836. The van der Waals surface area contributed by atoms with E-state index in [9.17, 15) is 14.7 Å². The topological polar surface area (TPSA) is 101 Å². The number of aryl methyl sites for hydroxylation is 1. The van der Waals surface area contributed by atoms with Gasteiger partial charge in [0, 0.05) is 18.3 Å². The van der Waals surface area contributed by atoms with Gasteiger partial charge < -0.3 is 20.3 Å². The van der Waals surface area contributed by atoms with Crippen LogP contribution in [0.5, 0.6) is 0 Å². The van der Waals surface area contributed by atoms with Gasteiger partial charge in [0.25, 0.3) is 11.8 Å². The Bertz CT molecular complexity index is 1300. The average molecular weight is 428 g/mol. The maximum Gasteiger partial charge on any atom is 0.284 e. The van der Waals surface area contributed by atoms with Crippen molar-refractivity contribution < 1.29 is 14.7 Å². The average Bonchev–Trinajstić information content (AvgIpc) is 3.16. The molecule has 0 bridgehead atoms. The fourth-order valence-electron chi connectivity index (χ4n) is 3.74. The quantitative estimate of drug-likeness (QED) is 0.491. The molecule has 1 aromatic heterocycles. The van der Waals surface area contributed by atoms with E-state index in [1.54, 1.807) is 35.9 Å². The second kappa shape index (κ2) is 8.64. The highest BCUT2D eigenvalue weighted by Crippen LogP contribution is 2.26. The van der Waals surface area contributed by atoms with Gasteiger partial charge in [-0.15, -0.1) is 0 Å². The number of nitrogens with zero attached hydrogens (tertiary/aromatic N) is 3. The Morgan fingerprint density at radius 1 is 1.06 bits per heavy atom. The lowest BCUT2D eigenvalue weighted by Crippen LogP contribution is -2.26. The van der Waals surface area contributed by atoms with E-state index in [1.807, 2.05) is 55.5 Å². The summed E-state index contributed by atoms with van der Waals surface area (Å²) in [5, 5.41) is 10.7. The van der Waals surface area contributed by atoms with E-state index < -0.39 is 12.0 Å². The van der Waals surface area contributed by atoms with E-state index in [1.165, 1.54) is 4.90 Å². The number of rotatable bonds is 6. The molecule has 3 N–H and O–H groups in total. The van der Waals surface area contributed by atoms with Gasteiger partial charge in [0.05, 0.1) is 23.7 Å². The summed E-state index contributed by atoms with van der Waals surface area (Å²) >= 11 is 0. The van der Waals surface area contributed by atoms with E-state index in [2.05, 4.69) is 4.98 Å². The van der Waals surface area contributed by atoms with Gasteiger partial charge in [-0.25, -0.2) is 4.98 Å². The van der Waals surface area contributed by atoms with Crippen LogP contribution in [0.1, 0.15) is 38.2 Å². The molecule has 3 aromatic carbocycles. The maximum absolute atomic E-state index is 12.9. The van der Waals surface area contributed by atoms with Gasteiger partial charge in [0.15, 0.2) is 5.82 Å². The molecule has 0 spiro atoms. The number of hydrogen-bond acceptors (Lipinski definition) is 4. The van der Waals surface area contributed by atoms with Crippen molar-refractivity contribution in [2.75, 3.05) is 11.9 Å². The zero-order valence-corrected chi connectivity index (χ0v) is 17.9. The molecule has 7 nitrogen and oxygen atoms in total. The van der Waals surface area contributed by atoms with Gasteiger partial charge in [-0.1, -0.05) is 48.0 Å². The van der Waals surface area contributed by atoms with Gasteiger partial charge in [0.2, 0.25) is 0 Å². The van der Waals surface area contributed by atoms with Crippen molar-refractivity contribution in [2.24, 2.45) is 5.73 Å². The van der Waals surface area contributed by atoms with Gasteiger partial charge in [-0.2, -0.15) is 0 Å². The summed E-state index contributed by atoms with van der Waals surface area (Å²) in [6, 6.07) is 21.9. The number of anilines is 1. The molecule has 32 heavy (non-hydrogen) atoms. The molecule has 0 aliphatic rings. The molecule has 0 unspecified atom stereocenters. The van der Waals surface area contributed by atoms with Gasteiger partial charge >= 0.3 is 0 Å². The predicted molar refractivity (Wildman–Crippen MR) is 124 cm³/mol. The molecule has 4 aromatic rings. The summed E-state index contributed by atoms with van der Waals surface area (Å²) in [6.07, 6.45) is -0.836. The number of aliphatic hydroxyl groups excluding tert-OH is 1. The zero-order valence-electron chi connectivity index (χ0n) is 17.9. The number of imidazole rings is 1. The second-order valence-corrected chi connectivity index (χ2v) is 7.74. The van der Waals surface area contributed by atoms with Crippen LogP contribution in [0.4, 0.5) is 5.69 Å². The highest BCUT2D eigenvalue weighted by Gasteiger charge is 2.20. The fraction of sp³-hybridized carbons (Fsp3) is 0.160.